The standard InChI is InChI=1S/C15H14N2O4/c1-10(12-4-2-3-5-13(12)17(18)19)16-11-6-7-14-15(8-11)21-9-20-14/h2-8,10,16H,9H2,1H3. The highest BCUT2D eigenvalue weighted by Crippen LogP contribution is 2.35. The molecule has 0 saturated carbocycles. The van der Waals surface area contributed by atoms with E-state index in [0.717, 1.165) is 5.69 Å². The fourth-order valence-corrected chi connectivity index (χ4v) is 2.33. The van der Waals surface area contributed by atoms with Crippen molar-refractivity contribution < 1.29 is 14.4 Å². The Balaban J connectivity index is 1.83. The number of hydrogen-bond acceptors (Lipinski definition) is 5. The summed E-state index contributed by atoms with van der Waals surface area (Å²) in [4.78, 5) is 10.7. The van der Waals surface area contributed by atoms with Crippen molar-refractivity contribution in [2.45, 2.75) is 13.0 Å². The molecule has 2 aromatic rings. The van der Waals surface area contributed by atoms with Crippen LogP contribution in [0.1, 0.15) is 18.5 Å². The first-order valence-electron chi connectivity index (χ1n) is 6.54. The lowest BCUT2D eigenvalue weighted by Gasteiger charge is -2.16. The van der Waals surface area contributed by atoms with Crippen LogP contribution in [0.4, 0.5) is 11.4 Å². The molecule has 0 aliphatic carbocycles. The molecule has 3 rings (SSSR count). The molecule has 0 radical (unpaired) electrons. The minimum Gasteiger partial charge on any atom is -0.454 e. The van der Waals surface area contributed by atoms with E-state index < -0.39 is 0 Å². The van der Waals surface area contributed by atoms with Crippen molar-refractivity contribution >= 4 is 11.4 Å². The largest absolute Gasteiger partial charge is 0.454 e. The molecule has 0 amide bonds. The van der Waals surface area contributed by atoms with Gasteiger partial charge in [-0.1, -0.05) is 18.2 Å². The maximum atomic E-state index is 11.1. The van der Waals surface area contributed by atoms with Crippen molar-refractivity contribution in [3.8, 4) is 11.5 Å². The fraction of sp³-hybridized carbons (Fsp3) is 0.200. The molecular weight excluding hydrogens is 272 g/mol. The second-order valence-corrected chi connectivity index (χ2v) is 4.75. The molecule has 21 heavy (non-hydrogen) atoms. The molecule has 1 atom stereocenters. The van der Waals surface area contributed by atoms with Gasteiger partial charge in [0.25, 0.3) is 5.69 Å². The van der Waals surface area contributed by atoms with Crippen molar-refractivity contribution in [2.75, 3.05) is 12.1 Å². The van der Waals surface area contributed by atoms with Gasteiger partial charge in [0.15, 0.2) is 11.5 Å². The van der Waals surface area contributed by atoms with Gasteiger partial charge in [-0.2, -0.15) is 0 Å². The van der Waals surface area contributed by atoms with Gasteiger partial charge in [-0.15, -0.1) is 0 Å². The Bertz CT molecular complexity index is 687. The summed E-state index contributed by atoms with van der Waals surface area (Å²) < 4.78 is 10.6. The topological polar surface area (TPSA) is 73.6 Å². The number of rotatable bonds is 4. The molecule has 0 fully saturated rings. The number of ether oxygens (including phenoxy) is 2. The van der Waals surface area contributed by atoms with Crippen LogP contribution in [0.15, 0.2) is 42.5 Å². The molecular formula is C15H14N2O4. The number of fused-ring (bicyclic) bond motifs is 1. The molecule has 1 aliphatic heterocycles. The van der Waals surface area contributed by atoms with E-state index >= 15 is 0 Å². The summed E-state index contributed by atoms with van der Waals surface area (Å²) >= 11 is 0. The maximum Gasteiger partial charge on any atom is 0.274 e. The van der Waals surface area contributed by atoms with Gasteiger partial charge in [0.2, 0.25) is 6.79 Å². The van der Waals surface area contributed by atoms with Gasteiger partial charge in [-0.25, -0.2) is 0 Å². The zero-order chi connectivity index (χ0) is 14.8. The van der Waals surface area contributed by atoms with Crippen molar-refractivity contribution in [3.05, 3.63) is 58.1 Å². The highest BCUT2D eigenvalue weighted by atomic mass is 16.7. The third-order valence-corrected chi connectivity index (χ3v) is 3.36. The van der Waals surface area contributed by atoms with Gasteiger partial charge in [0, 0.05) is 17.8 Å². The number of nitro benzene ring substituents is 1. The monoisotopic (exact) mass is 286 g/mol. The molecule has 6 heteroatoms. The third-order valence-electron chi connectivity index (χ3n) is 3.36. The van der Waals surface area contributed by atoms with E-state index in [-0.39, 0.29) is 23.4 Å². The van der Waals surface area contributed by atoms with Gasteiger partial charge >= 0.3 is 0 Å². The third kappa shape index (κ3) is 2.60. The average molecular weight is 286 g/mol. The van der Waals surface area contributed by atoms with Gasteiger partial charge in [-0.05, 0) is 19.1 Å². The molecule has 1 unspecified atom stereocenters. The lowest BCUT2D eigenvalue weighted by molar-refractivity contribution is -0.385. The molecule has 2 aromatic carbocycles. The Kier molecular flexibility index (Phi) is 3.35. The van der Waals surface area contributed by atoms with E-state index in [9.17, 15) is 10.1 Å². The SMILES string of the molecule is CC(Nc1ccc2c(c1)OCO2)c1ccccc1[N+](=O)[O-]. The molecule has 1 N–H and O–H groups in total. The zero-order valence-electron chi connectivity index (χ0n) is 11.4. The number of anilines is 1. The minimum atomic E-state index is -0.368. The van der Waals surface area contributed by atoms with E-state index in [1.54, 1.807) is 18.2 Å². The van der Waals surface area contributed by atoms with E-state index in [2.05, 4.69) is 5.32 Å². The van der Waals surface area contributed by atoms with Crippen LogP contribution >= 0.6 is 0 Å². The Hall–Kier alpha value is -2.76. The van der Waals surface area contributed by atoms with Crippen LogP contribution in [0.25, 0.3) is 0 Å². The first-order chi connectivity index (χ1) is 10.1. The van der Waals surface area contributed by atoms with E-state index in [4.69, 9.17) is 9.47 Å². The number of nitro groups is 1. The highest BCUT2D eigenvalue weighted by Gasteiger charge is 2.19. The Morgan fingerprint density at radius 1 is 1.19 bits per heavy atom. The molecule has 108 valence electrons. The quantitative estimate of drug-likeness (QED) is 0.688. The first-order valence-corrected chi connectivity index (χ1v) is 6.54. The summed E-state index contributed by atoms with van der Waals surface area (Å²) in [7, 11) is 0. The summed E-state index contributed by atoms with van der Waals surface area (Å²) in [6, 6.07) is 12.0. The molecule has 1 aliphatic rings. The predicted octanol–water partition coefficient (Wildman–Crippen LogP) is 3.50. The Labute approximate surface area is 121 Å². The number of nitrogens with zero attached hydrogens (tertiary/aromatic N) is 1. The minimum absolute atomic E-state index is 0.109. The van der Waals surface area contributed by atoms with E-state index in [1.165, 1.54) is 6.07 Å². The van der Waals surface area contributed by atoms with E-state index in [1.807, 2.05) is 25.1 Å². The van der Waals surface area contributed by atoms with Crippen molar-refractivity contribution in [3.63, 3.8) is 0 Å². The lowest BCUT2D eigenvalue weighted by atomic mass is 10.1. The van der Waals surface area contributed by atoms with Crippen LogP contribution in [0, 0.1) is 10.1 Å². The summed E-state index contributed by atoms with van der Waals surface area (Å²) in [6.07, 6.45) is 0. The molecule has 1 heterocycles. The zero-order valence-corrected chi connectivity index (χ0v) is 11.4. The molecule has 6 nitrogen and oxygen atoms in total. The number of nitrogens with one attached hydrogen (secondary N) is 1. The van der Waals surface area contributed by atoms with Gasteiger partial charge in [0.1, 0.15) is 0 Å². The van der Waals surface area contributed by atoms with Gasteiger partial charge in [0.05, 0.1) is 16.5 Å². The number of benzene rings is 2. The lowest BCUT2D eigenvalue weighted by Crippen LogP contribution is -2.09. The molecule has 0 saturated heterocycles. The van der Waals surface area contributed by atoms with Gasteiger partial charge in [-0.3, -0.25) is 10.1 Å². The first kappa shape index (κ1) is 13.2. The fourth-order valence-electron chi connectivity index (χ4n) is 2.33. The van der Waals surface area contributed by atoms with Gasteiger partial charge < -0.3 is 14.8 Å². The van der Waals surface area contributed by atoms with E-state index in [0.29, 0.717) is 17.1 Å². The molecule has 0 aromatic heterocycles. The van der Waals surface area contributed by atoms with Crippen LogP contribution in [0.3, 0.4) is 0 Å². The number of hydrogen-bond donors (Lipinski definition) is 1. The summed E-state index contributed by atoms with van der Waals surface area (Å²) in [6.45, 7) is 2.10. The number of para-hydroxylation sites is 1. The van der Waals surface area contributed by atoms with Crippen LogP contribution in [0.5, 0.6) is 11.5 Å². The average Bonchev–Trinajstić information content (AvgIpc) is 2.94. The van der Waals surface area contributed by atoms with Crippen molar-refractivity contribution in [2.24, 2.45) is 0 Å². The molecule has 0 spiro atoms. The summed E-state index contributed by atoms with van der Waals surface area (Å²) in [5.41, 5.74) is 1.57. The predicted molar refractivity (Wildman–Crippen MR) is 77.7 cm³/mol. The van der Waals surface area contributed by atoms with Crippen LogP contribution < -0.4 is 14.8 Å². The highest BCUT2D eigenvalue weighted by molar-refractivity contribution is 5.57. The second kappa shape index (κ2) is 5.32. The van der Waals surface area contributed by atoms with Crippen molar-refractivity contribution in [1.29, 1.82) is 0 Å². The Morgan fingerprint density at radius 2 is 1.95 bits per heavy atom. The normalized spacial score (nSPS) is 13.8. The summed E-state index contributed by atoms with van der Waals surface area (Å²) in [5, 5.41) is 14.3. The molecule has 0 bridgehead atoms. The van der Waals surface area contributed by atoms with Crippen LogP contribution in [0.2, 0.25) is 0 Å². The smallest absolute Gasteiger partial charge is 0.274 e. The van der Waals surface area contributed by atoms with Crippen molar-refractivity contribution in [1.82, 2.24) is 0 Å². The van der Waals surface area contributed by atoms with Crippen LogP contribution in [-0.2, 0) is 0 Å². The van der Waals surface area contributed by atoms with Crippen LogP contribution in [-0.4, -0.2) is 11.7 Å². The Morgan fingerprint density at radius 3 is 2.76 bits per heavy atom. The maximum absolute atomic E-state index is 11.1. The second-order valence-electron chi connectivity index (χ2n) is 4.75. The summed E-state index contributed by atoms with van der Waals surface area (Å²) in [5.74, 6) is 1.38.